The number of amides is 1. The maximum absolute atomic E-state index is 13.6. The van der Waals surface area contributed by atoms with Crippen molar-refractivity contribution in [2.75, 3.05) is 10.6 Å². The highest BCUT2D eigenvalue weighted by molar-refractivity contribution is 5.97. The first kappa shape index (κ1) is 21.9. The second-order valence-electron chi connectivity index (χ2n) is 7.92. The molecule has 2 aromatic carbocycles. The fourth-order valence-electron chi connectivity index (χ4n) is 3.82. The van der Waals surface area contributed by atoms with Crippen LogP contribution in [0.5, 0.6) is 0 Å². The molecule has 4 nitrogen and oxygen atoms in total. The van der Waals surface area contributed by atoms with Gasteiger partial charge in [-0.1, -0.05) is 6.07 Å². The van der Waals surface area contributed by atoms with Gasteiger partial charge in [0.2, 0.25) is 5.91 Å². The fourth-order valence-corrected chi connectivity index (χ4v) is 3.82. The second kappa shape index (κ2) is 8.13. The predicted molar refractivity (Wildman–Crippen MR) is 111 cm³/mol. The number of hydrogen-bond acceptors (Lipinski definition) is 3. The number of benzene rings is 2. The van der Waals surface area contributed by atoms with E-state index in [1.807, 2.05) is 26.8 Å². The Morgan fingerprint density at radius 1 is 1.07 bits per heavy atom. The van der Waals surface area contributed by atoms with Gasteiger partial charge < -0.3 is 10.6 Å². The lowest BCUT2D eigenvalue weighted by molar-refractivity contribution is -0.137. The van der Waals surface area contributed by atoms with E-state index in [0.717, 1.165) is 41.2 Å². The monoisotopic (exact) mass is 418 g/mol. The Morgan fingerprint density at radius 3 is 2.30 bits per heavy atom. The second-order valence-corrected chi connectivity index (χ2v) is 7.92. The van der Waals surface area contributed by atoms with Crippen molar-refractivity contribution in [2.24, 2.45) is 5.92 Å². The number of anilines is 2. The summed E-state index contributed by atoms with van der Waals surface area (Å²) in [6.45, 7) is 7.18. The van der Waals surface area contributed by atoms with Crippen LogP contribution in [0.4, 0.5) is 24.5 Å². The molecule has 0 saturated heterocycles. The molecule has 1 amide bonds. The standard InChI is InChI=1S/C23H25F3N2O2/c1-12-9-13(2)21(15(4)29)14(3)18(12)11-27-20-8-7-17(10-19(20)23(24,25)26)28-22(30)16-5-6-16/h7-10,16,27H,5-6,11H2,1-4H3,(H,28,30). The summed E-state index contributed by atoms with van der Waals surface area (Å²) in [6.07, 6.45) is -3.03. The molecule has 0 aliphatic heterocycles. The first-order valence-electron chi connectivity index (χ1n) is 9.85. The molecule has 0 unspecified atom stereocenters. The van der Waals surface area contributed by atoms with Crippen molar-refractivity contribution in [3.63, 3.8) is 0 Å². The maximum Gasteiger partial charge on any atom is 0.418 e. The van der Waals surface area contributed by atoms with E-state index < -0.39 is 11.7 Å². The predicted octanol–water partition coefficient (Wildman–Crippen LogP) is 5.79. The average Bonchev–Trinajstić information content (AvgIpc) is 3.46. The average molecular weight is 418 g/mol. The highest BCUT2D eigenvalue weighted by atomic mass is 19.4. The number of Topliss-reactive ketones (excluding diaryl/α,β-unsaturated/α-hetero) is 1. The first-order valence-corrected chi connectivity index (χ1v) is 9.85. The summed E-state index contributed by atoms with van der Waals surface area (Å²) in [5, 5.41) is 5.43. The zero-order valence-electron chi connectivity index (χ0n) is 17.5. The van der Waals surface area contributed by atoms with Gasteiger partial charge in [-0.05, 0) is 81.0 Å². The van der Waals surface area contributed by atoms with Crippen molar-refractivity contribution in [3.05, 3.63) is 57.6 Å². The van der Waals surface area contributed by atoms with Gasteiger partial charge in [-0.3, -0.25) is 9.59 Å². The molecular weight excluding hydrogens is 393 g/mol. The molecule has 7 heteroatoms. The van der Waals surface area contributed by atoms with Crippen LogP contribution in [0.25, 0.3) is 0 Å². The SMILES string of the molecule is CC(=O)c1c(C)cc(C)c(CNc2ccc(NC(=O)C3CC3)cc2C(F)(F)F)c1C. The van der Waals surface area contributed by atoms with Gasteiger partial charge in [-0.15, -0.1) is 0 Å². The zero-order valence-corrected chi connectivity index (χ0v) is 17.5. The zero-order chi connectivity index (χ0) is 22.2. The third-order valence-electron chi connectivity index (χ3n) is 5.48. The van der Waals surface area contributed by atoms with Crippen LogP contribution in [0.15, 0.2) is 24.3 Å². The number of hydrogen-bond donors (Lipinski definition) is 2. The topological polar surface area (TPSA) is 58.2 Å². The van der Waals surface area contributed by atoms with E-state index in [9.17, 15) is 22.8 Å². The summed E-state index contributed by atoms with van der Waals surface area (Å²) < 4.78 is 40.9. The highest BCUT2D eigenvalue weighted by Gasteiger charge is 2.35. The lowest BCUT2D eigenvalue weighted by Crippen LogP contribution is -2.16. The molecule has 2 aromatic rings. The molecule has 0 atom stereocenters. The van der Waals surface area contributed by atoms with Crippen molar-refractivity contribution in [2.45, 2.75) is 53.3 Å². The quantitative estimate of drug-likeness (QED) is 0.584. The number of aryl methyl sites for hydroxylation is 2. The molecule has 160 valence electrons. The van der Waals surface area contributed by atoms with Crippen LogP contribution >= 0.6 is 0 Å². The normalized spacial score (nSPS) is 13.8. The third kappa shape index (κ3) is 4.66. The Labute approximate surface area is 173 Å². The third-order valence-corrected chi connectivity index (χ3v) is 5.48. The van der Waals surface area contributed by atoms with E-state index >= 15 is 0 Å². The van der Waals surface area contributed by atoms with Gasteiger partial charge in [0, 0.05) is 29.4 Å². The van der Waals surface area contributed by atoms with E-state index in [-0.39, 0.29) is 35.5 Å². The van der Waals surface area contributed by atoms with E-state index in [1.54, 1.807) is 0 Å². The molecule has 30 heavy (non-hydrogen) atoms. The summed E-state index contributed by atoms with van der Waals surface area (Å²) in [7, 11) is 0. The molecule has 0 bridgehead atoms. The molecule has 0 spiro atoms. The molecule has 2 N–H and O–H groups in total. The van der Waals surface area contributed by atoms with Crippen LogP contribution in [0, 0.1) is 26.7 Å². The maximum atomic E-state index is 13.6. The van der Waals surface area contributed by atoms with Crippen LogP contribution in [0.3, 0.4) is 0 Å². The van der Waals surface area contributed by atoms with Crippen LogP contribution in [-0.4, -0.2) is 11.7 Å². The van der Waals surface area contributed by atoms with Crippen LogP contribution in [-0.2, 0) is 17.5 Å². The van der Waals surface area contributed by atoms with E-state index in [0.29, 0.717) is 5.56 Å². The van der Waals surface area contributed by atoms with E-state index in [1.165, 1.54) is 19.1 Å². The summed E-state index contributed by atoms with van der Waals surface area (Å²) in [4.78, 5) is 23.9. The van der Waals surface area contributed by atoms with Gasteiger partial charge in [0.05, 0.1) is 5.56 Å². The number of halogens is 3. The number of nitrogens with one attached hydrogen (secondary N) is 2. The summed E-state index contributed by atoms with van der Waals surface area (Å²) in [6, 6.07) is 5.63. The van der Waals surface area contributed by atoms with Gasteiger partial charge in [0.15, 0.2) is 5.78 Å². The largest absolute Gasteiger partial charge is 0.418 e. The van der Waals surface area contributed by atoms with Gasteiger partial charge in [0.25, 0.3) is 0 Å². The van der Waals surface area contributed by atoms with Crippen molar-refractivity contribution >= 4 is 23.1 Å². The molecule has 1 saturated carbocycles. The van der Waals surface area contributed by atoms with Gasteiger partial charge >= 0.3 is 6.18 Å². The molecule has 1 fully saturated rings. The number of alkyl halides is 3. The van der Waals surface area contributed by atoms with Crippen molar-refractivity contribution in [1.29, 1.82) is 0 Å². The highest BCUT2D eigenvalue weighted by Crippen LogP contribution is 2.38. The number of carbonyl (C=O) groups is 2. The summed E-state index contributed by atoms with van der Waals surface area (Å²) in [5.74, 6) is -0.412. The van der Waals surface area contributed by atoms with Crippen molar-refractivity contribution in [1.82, 2.24) is 0 Å². The van der Waals surface area contributed by atoms with Gasteiger partial charge in [-0.2, -0.15) is 13.2 Å². The van der Waals surface area contributed by atoms with Gasteiger partial charge in [-0.25, -0.2) is 0 Å². The molecule has 0 heterocycles. The molecular formula is C23H25F3N2O2. The minimum absolute atomic E-state index is 0.0713. The Kier molecular flexibility index (Phi) is 5.92. The minimum atomic E-state index is -4.58. The fraction of sp³-hybridized carbons (Fsp3) is 0.391. The van der Waals surface area contributed by atoms with Crippen LogP contribution < -0.4 is 10.6 Å². The Bertz CT molecular complexity index is 1010. The number of carbonyl (C=O) groups excluding carboxylic acids is 2. The minimum Gasteiger partial charge on any atom is -0.380 e. The van der Waals surface area contributed by atoms with E-state index in [4.69, 9.17) is 0 Å². The smallest absolute Gasteiger partial charge is 0.380 e. The first-order chi connectivity index (χ1) is 14.0. The van der Waals surface area contributed by atoms with Gasteiger partial charge in [0.1, 0.15) is 0 Å². The van der Waals surface area contributed by atoms with E-state index in [2.05, 4.69) is 10.6 Å². The number of rotatable bonds is 6. The Hall–Kier alpha value is -2.83. The Morgan fingerprint density at radius 2 is 1.73 bits per heavy atom. The lowest BCUT2D eigenvalue weighted by atomic mass is 9.91. The number of ketones is 1. The molecule has 3 rings (SSSR count). The van der Waals surface area contributed by atoms with Crippen molar-refractivity contribution in [3.8, 4) is 0 Å². The summed E-state index contributed by atoms with van der Waals surface area (Å²) >= 11 is 0. The molecule has 1 aliphatic carbocycles. The van der Waals surface area contributed by atoms with Crippen molar-refractivity contribution < 1.29 is 22.8 Å². The molecule has 0 radical (unpaired) electrons. The lowest BCUT2D eigenvalue weighted by Gasteiger charge is -2.19. The van der Waals surface area contributed by atoms with Crippen LogP contribution in [0.1, 0.15) is 57.9 Å². The molecule has 1 aliphatic rings. The Balaban J connectivity index is 1.89. The van der Waals surface area contributed by atoms with Crippen LogP contribution in [0.2, 0.25) is 0 Å². The molecule has 0 aromatic heterocycles. The summed E-state index contributed by atoms with van der Waals surface area (Å²) in [5.41, 5.74) is 3.15.